The van der Waals surface area contributed by atoms with Gasteiger partial charge >= 0.3 is 5.97 Å². The van der Waals surface area contributed by atoms with Crippen LogP contribution in [0.15, 0.2) is 29.2 Å². The van der Waals surface area contributed by atoms with Crippen molar-refractivity contribution < 1.29 is 9.90 Å². The molecule has 2 aliphatic carbocycles. The molecule has 0 saturated heterocycles. The Labute approximate surface area is 171 Å². The lowest BCUT2D eigenvalue weighted by molar-refractivity contribution is 0.0695. The summed E-state index contributed by atoms with van der Waals surface area (Å²) in [6.07, 6.45) is 6.57. The van der Waals surface area contributed by atoms with Gasteiger partial charge in [-0.1, -0.05) is 0 Å². The molecule has 0 amide bonds. The van der Waals surface area contributed by atoms with Crippen LogP contribution in [0.3, 0.4) is 0 Å². The number of aromatic carboxylic acids is 1. The van der Waals surface area contributed by atoms with Crippen molar-refractivity contribution in [1.82, 2.24) is 9.55 Å². The molecule has 0 spiro atoms. The number of hydrogen-bond acceptors (Lipinski definition) is 5. The lowest BCUT2D eigenvalue weighted by Gasteiger charge is -2.17. The molecule has 146 valence electrons. The third-order valence-corrected chi connectivity index (χ3v) is 6.77. The van der Waals surface area contributed by atoms with Gasteiger partial charge in [0.25, 0.3) is 0 Å². The van der Waals surface area contributed by atoms with E-state index in [-0.39, 0.29) is 30.1 Å². The van der Waals surface area contributed by atoms with E-state index in [4.69, 9.17) is 10.7 Å². The number of fused-ring (bicyclic) bond motifs is 2. The summed E-state index contributed by atoms with van der Waals surface area (Å²) in [5.41, 5.74) is 8.27. The van der Waals surface area contributed by atoms with E-state index in [9.17, 15) is 14.7 Å². The Morgan fingerprint density at radius 3 is 2.75 bits per heavy atom. The maximum Gasteiger partial charge on any atom is 0.341 e. The van der Waals surface area contributed by atoms with Gasteiger partial charge in [0.2, 0.25) is 5.43 Å². The topological polar surface area (TPSA) is 98.2 Å². The number of nitrogens with two attached hydrogens (primary N) is 1. The van der Waals surface area contributed by atoms with Crippen LogP contribution in [0, 0.1) is 0 Å². The number of aromatic nitrogens is 2. The second-order valence-electron chi connectivity index (χ2n) is 7.38. The predicted octanol–water partition coefficient (Wildman–Crippen LogP) is 3.92. The fourth-order valence-corrected chi connectivity index (χ4v) is 5.09. The van der Waals surface area contributed by atoms with Gasteiger partial charge in [0.15, 0.2) is 0 Å². The Bertz CT molecular complexity index is 1150. The predicted molar refractivity (Wildman–Crippen MR) is 112 cm³/mol. The lowest BCUT2D eigenvalue weighted by atomic mass is 9.95. The van der Waals surface area contributed by atoms with Crippen LogP contribution in [0.5, 0.6) is 0 Å². The number of halogens is 1. The van der Waals surface area contributed by atoms with Crippen LogP contribution in [0.2, 0.25) is 0 Å². The quantitative estimate of drug-likeness (QED) is 0.673. The molecule has 1 atom stereocenters. The van der Waals surface area contributed by atoms with Crippen LogP contribution in [0.25, 0.3) is 21.6 Å². The molecule has 3 aromatic heterocycles. The number of pyridine rings is 2. The molecule has 1 saturated carbocycles. The number of aryl methyl sites for hydroxylation is 1. The van der Waals surface area contributed by atoms with Gasteiger partial charge in [-0.05, 0) is 55.9 Å². The molecule has 1 fully saturated rings. The van der Waals surface area contributed by atoms with Crippen LogP contribution in [-0.2, 0) is 6.42 Å². The molecular formula is C20H20ClN3O3S. The zero-order valence-corrected chi connectivity index (χ0v) is 16.7. The van der Waals surface area contributed by atoms with E-state index >= 15 is 0 Å². The number of carbonyl (C=O) groups is 1. The minimum Gasteiger partial charge on any atom is -0.477 e. The van der Waals surface area contributed by atoms with Crippen LogP contribution < -0.4 is 11.2 Å². The lowest BCUT2D eigenvalue weighted by Crippen LogP contribution is -2.19. The second kappa shape index (κ2) is 6.99. The molecule has 0 aromatic carbocycles. The van der Waals surface area contributed by atoms with Crippen molar-refractivity contribution in [3.05, 3.63) is 50.6 Å². The highest BCUT2D eigenvalue weighted by Crippen LogP contribution is 2.40. The first-order valence-corrected chi connectivity index (χ1v) is 10.0. The minimum atomic E-state index is -1.19. The van der Waals surface area contributed by atoms with E-state index in [1.807, 2.05) is 10.6 Å². The molecule has 8 heteroatoms. The third-order valence-electron chi connectivity index (χ3n) is 5.44. The smallest absolute Gasteiger partial charge is 0.341 e. The zero-order chi connectivity index (χ0) is 18.7. The van der Waals surface area contributed by atoms with Gasteiger partial charge in [-0.25, -0.2) is 9.78 Å². The Balaban J connectivity index is 0.00000192. The number of thiophene rings is 1. The summed E-state index contributed by atoms with van der Waals surface area (Å²) in [6.45, 7) is 0. The summed E-state index contributed by atoms with van der Waals surface area (Å²) in [5, 5.41) is 9.72. The summed E-state index contributed by atoms with van der Waals surface area (Å²) < 4.78 is 1.86. The van der Waals surface area contributed by atoms with Gasteiger partial charge in [-0.2, -0.15) is 0 Å². The van der Waals surface area contributed by atoms with Crippen molar-refractivity contribution >= 4 is 40.7 Å². The molecule has 6 nitrogen and oxygen atoms in total. The molecule has 3 aromatic rings. The average Bonchev–Trinajstić information content (AvgIpc) is 3.39. The summed E-state index contributed by atoms with van der Waals surface area (Å²) >= 11 is 1.68. The molecule has 1 unspecified atom stereocenters. The highest BCUT2D eigenvalue weighted by atomic mass is 35.5. The first-order valence-electron chi connectivity index (χ1n) is 9.20. The molecule has 0 aliphatic heterocycles. The standard InChI is InChI=1S/C20H19N3O3S.ClH/c21-14-3-1-2-10-8-16(27-18(10)14)15-7-6-12-17(24)13(20(25)26)9-23(11-4-5-11)19(12)22-15;/h6-9,11,14H,1-5,21H2,(H,25,26);1H. The van der Waals surface area contributed by atoms with E-state index in [1.165, 1.54) is 16.6 Å². The fourth-order valence-electron chi connectivity index (χ4n) is 3.87. The van der Waals surface area contributed by atoms with Gasteiger partial charge in [0, 0.05) is 23.2 Å². The Hall–Kier alpha value is -2.22. The van der Waals surface area contributed by atoms with Crippen molar-refractivity contribution in [2.45, 2.75) is 44.2 Å². The highest BCUT2D eigenvalue weighted by molar-refractivity contribution is 7.15. The van der Waals surface area contributed by atoms with Crippen LogP contribution in [-0.4, -0.2) is 20.6 Å². The van der Waals surface area contributed by atoms with E-state index in [0.717, 1.165) is 42.7 Å². The highest BCUT2D eigenvalue weighted by Gasteiger charge is 2.28. The molecule has 0 bridgehead atoms. The van der Waals surface area contributed by atoms with Gasteiger partial charge in [0.1, 0.15) is 11.2 Å². The fraction of sp³-hybridized carbons (Fsp3) is 0.350. The normalized spacial score (nSPS) is 18.5. The molecule has 3 heterocycles. The van der Waals surface area contributed by atoms with E-state index in [0.29, 0.717) is 11.0 Å². The zero-order valence-electron chi connectivity index (χ0n) is 15.1. The van der Waals surface area contributed by atoms with E-state index in [1.54, 1.807) is 17.4 Å². The molecule has 28 heavy (non-hydrogen) atoms. The van der Waals surface area contributed by atoms with Crippen molar-refractivity contribution in [2.24, 2.45) is 5.73 Å². The SMILES string of the molecule is Cl.NC1CCCc2cc(-c3ccc4c(=O)c(C(=O)O)cn(C5CC5)c4n3)sc21. The summed E-state index contributed by atoms with van der Waals surface area (Å²) in [4.78, 5) is 31.1. The first kappa shape index (κ1) is 19.1. The third kappa shape index (κ3) is 3.03. The first-order chi connectivity index (χ1) is 13.0. The van der Waals surface area contributed by atoms with Gasteiger partial charge in [-0.3, -0.25) is 4.79 Å². The largest absolute Gasteiger partial charge is 0.477 e. The summed E-state index contributed by atoms with van der Waals surface area (Å²) in [7, 11) is 0. The van der Waals surface area contributed by atoms with Crippen LogP contribution in [0.4, 0.5) is 0 Å². The Kier molecular flexibility index (Phi) is 4.77. The number of rotatable bonds is 3. The summed E-state index contributed by atoms with van der Waals surface area (Å²) in [6, 6.07) is 6.01. The van der Waals surface area contributed by atoms with Gasteiger partial charge < -0.3 is 15.4 Å². The number of carboxylic acid groups (broad SMARTS) is 1. The molecule has 0 radical (unpaired) electrons. The van der Waals surface area contributed by atoms with Crippen molar-refractivity contribution in [3.8, 4) is 10.6 Å². The maximum atomic E-state index is 12.6. The van der Waals surface area contributed by atoms with E-state index < -0.39 is 11.4 Å². The van der Waals surface area contributed by atoms with Crippen LogP contribution in [0.1, 0.15) is 58.6 Å². The van der Waals surface area contributed by atoms with Crippen molar-refractivity contribution in [1.29, 1.82) is 0 Å². The van der Waals surface area contributed by atoms with Gasteiger partial charge in [-0.15, -0.1) is 23.7 Å². The number of nitrogens with zero attached hydrogens (tertiary/aromatic N) is 2. The van der Waals surface area contributed by atoms with Crippen LogP contribution >= 0.6 is 23.7 Å². The molecule has 2 aliphatic rings. The Morgan fingerprint density at radius 2 is 2.07 bits per heavy atom. The van der Waals surface area contributed by atoms with Crippen molar-refractivity contribution in [2.75, 3.05) is 0 Å². The summed E-state index contributed by atoms with van der Waals surface area (Å²) in [5.74, 6) is -1.19. The van der Waals surface area contributed by atoms with E-state index in [2.05, 4.69) is 6.07 Å². The monoisotopic (exact) mass is 417 g/mol. The van der Waals surface area contributed by atoms with Gasteiger partial charge in [0.05, 0.1) is 16.0 Å². The molecule has 3 N–H and O–H groups in total. The second-order valence-corrected chi connectivity index (χ2v) is 8.47. The Morgan fingerprint density at radius 1 is 1.29 bits per heavy atom. The van der Waals surface area contributed by atoms with Crippen molar-refractivity contribution in [3.63, 3.8) is 0 Å². The number of carboxylic acids is 1. The maximum absolute atomic E-state index is 12.6. The molecule has 5 rings (SSSR count). The average molecular weight is 418 g/mol. The molecular weight excluding hydrogens is 398 g/mol. The minimum absolute atomic E-state index is 0. The number of hydrogen-bond donors (Lipinski definition) is 2.